The summed E-state index contributed by atoms with van der Waals surface area (Å²) in [4.78, 5) is 17.3. The van der Waals surface area contributed by atoms with Gasteiger partial charge in [-0.15, -0.1) is 0 Å². The van der Waals surface area contributed by atoms with Crippen molar-refractivity contribution in [1.82, 2.24) is 5.09 Å². The Morgan fingerprint density at radius 3 is 2.41 bits per heavy atom. The molecule has 1 aromatic carbocycles. The van der Waals surface area contributed by atoms with Crippen molar-refractivity contribution < 1.29 is 23.8 Å². The SMILES string of the molecule is COc1ccc(CCNP(=O)(O)O)cc1OC. The zero-order valence-corrected chi connectivity index (χ0v) is 10.6. The van der Waals surface area contributed by atoms with Crippen LogP contribution in [-0.2, 0) is 11.0 Å². The first-order valence-corrected chi connectivity index (χ1v) is 6.59. The molecule has 0 aliphatic rings. The molecule has 7 heteroatoms. The van der Waals surface area contributed by atoms with Crippen LogP contribution in [0.25, 0.3) is 0 Å². The van der Waals surface area contributed by atoms with Gasteiger partial charge in [0, 0.05) is 6.54 Å². The Morgan fingerprint density at radius 2 is 1.88 bits per heavy atom. The molecule has 0 saturated heterocycles. The van der Waals surface area contributed by atoms with E-state index in [-0.39, 0.29) is 6.54 Å². The Balaban J connectivity index is 2.63. The van der Waals surface area contributed by atoms with E-state index in [1.165, 1.54) is 7.11 Å². The lowest BCUT2D eigenvalue weighted by atomic mass is 10.1. The molecule has 0 heterocycles. The van der Waals surface area contributed by atoms with E-state index in [9.17, 15) is 4.57 Å². The Kier molecular flexibility index (Phi) is 4.96. The van der Waals surface area contributed by atoms with E-state index < -0.39 is 7.75 Å². The van der Waals surface area contributed by atoms with E-state index in [0.717, 1.165) is 5.56 Å². The Labute approximate surface area is 99.8 Å². The van der Waals surface area contributed by atoms with Gasteiger partial charge in [0.05, 0.1) is 14.2 Å². The van der Waals surface area contributed by atoms with Gasteiger partial charge in [-0.3, -0.25) is 0 Å². The van der Waals surface area contributed by atoms with Gasteiger partial charge in [-0.2, -0.15) is 0 Å². The molecule has 0 unspecified atom stereocenters. The maximum atomic E-state index is 10.6. The summed E-state index contributed by atoms with van der Waals surface area (Å²) in [5, 5.41) is 2.13. The fraction of sp³-hybridized carbons (Fsp3) is 0.400. The zero-order valence-electron chi connectivity index (χ0n) is 9.71. The summed E-state index contributed by atoms with van der Waals surface area (Å²) in [6.45, 7) is 0.194. The summed E-state index contributed by atoms with van der Waals surface area (Å²) in [6.07, 6.45) is 0.492. The van der Waals surface area contributed by atoms with Gasteiger partial charge < -0.3 is 19.3 Å². The zero-order chi connectivity index (χ0) is 12.9. The Hall–Kier alpha value is -1.07. The molecule has 0 aromatic heterocycles. The third-order valence-electron chi connectivity index (χ3n) is 2.18. The van der Waals surface area contributed by atoms with E-state index in [4.69, 9.17) is 19.3 Å². The van der Waals surface area contributed by atoms with E-state index in [1.54, 1.807) is 19.2 Å². The molecule has 0 aliphatic carbocycles. The van der Waals surface area contributed by atoms with Crippen LogP contribution in [-0.4, -0.2) is 30.6 Å². The quantitative estimate of drug-likeness (QED) is 0.660. The van der Waals surface area contributed by atoms with Crippen molar-refractivity contribution >= 4 is 7.75 Å². The van der Waals surface area contributed by atoms with Crippen molar-refractivity contribution in [3.63, 3.8) is 0 Å². The lowest BCUT2D eigenvalue weighted by molar-refractivity contribution is 0.354. The normalized spacial score (nSPS) is 11.3. The second-order valence-electron chi connectivity index (χ2n) is 3.39. The summed E-state index contributed by atoms with van der Waals surface area (Å²) >= 11 is 0. The third-order valence-corrected chi connectivity index (χ3v) is 2.81. The Morgan fingerprint density at radius 1 is 1.24 bits per heavy atom. The Bertz CT molecular complexity index is 417. The molecule has 17 heavy (non-hydrogen) atoms. The number of ether oxygens (including phenoxy) is 2. The highest BCUT2D eigenvalue weighted by molar-refractivity contribution is 7.49. The lowest BCUT2D eigenvalue weighted by Crippen LogP contribution is -2.13. The van der Waals surface area contributed by atoms with Crippen LogP contribution in [0.3, 0.4) is 0 Å². The van der Waals surface area contributed by atoms with E-state index in [0.29, 0.717) is 17.9 Å². The third kappa shape index (κ3) is 4.75. The topological polar surface area (TPSA) is 88.0 Å². The summed E-state index contributed by atoms with van der Waals surface area (Å²) < 4.78 is 20.8. The highest BCUT2D eigenvalue weighted by atomic mass is 31.2. The van der Waals surface area contributed by atoms with Gasteiger partial charge in [-0.1, -0.05) is 6.07 Å². The van der Waals surface area contributed by atoms with E-state index in [1.807, 2.05) is 6.07 Å². The van der Waals surface area contributed by atoms with Gasteiger partial charge in [0.15, 0.2) is 11.5 Å². The van der Waals surface area contributed by atoms with Crippen LogP contribution in [0.2, 0.25) is 0 Å². The second kappa shape index (κ2) is 6.02. The molecule has 0 spiro atoms. The minimum atomic E-state index is -4.14. The predicted molar refractivity (Wildman–Crippen MR) is 63.3 cm³/mol. The maximum absolute atomic E-state index is 10.6. The minimum Gasteiger partial charge on any atom is -0.493 e. The highest BCUT2D eigenvalue weighted by Crippen LogP contribution is 2.29. The van der Waals surface area contributed by atoms with Crippen LogP contribution in [0.15, 0.2) is 18.2 Å². The fourth-order valence-electron chi connectivity index (χ4n) is 1.38. The summed E-state index contributed by atoms with van der Waals surface area (Å²) in [5.74, 6) is 1.22. The molecule has 0 radical (unpaired) electrons. The van der Waals surface area contributed by atoms with Crippen molar-refractivity contribution in [1.29, 1.82) is 0 Å². The number of hydrogen-bond acceptors (Lipinski definition) is 3. The molecule has 0 amide bonds. The van der Waals surface area contributed by atoms with Gasteiger partial charge in [-0.05, 0) is 24.1 Å². The molecule has 0 saturated carbocycles. The molecule has 0 atom stereocenters. The van der Waals surface area contributed by atoms with Crippen LogP contribution in [0.4, 0.5) is 0 Å². The molecular weight excluding hydrogens is 245 g/mol. The van der Waals surface area contributed by atoms with Crippen LogP contribution in [0.5, 0.6) is 11.5 Å². The van der Waals surface area contributed by atoms with E-state index >= 15 is 0 Å². The standard InChI is InChI=1S/C10H16NO5P/c1-15-9-4-3-8(7-10(9)16-2)5-6-11-17(12,13)14/h3-4,7H,5-6H2,1-2H3,(H3,11,12,13,14). The molecule has 1 rings (SSSR count). The summed E-state index contributed by atoms with van der Waals surface area (Å²) in [7, 11) is -1.06. The molecule has 6 nitrogen and oxygen atoms in total. The monoisotopic (exact) mass is 261 g/mol. The highest BCUT2D eigenvalue weighted by Gasteiger charge is 2.11. The van der Waals surface area contributed by atoms with Crippen molar-refractivity contribution in [3.05, 3.63) is 23.8 Å². The van der Waals surface area contributed by atoms with Gasteiger partial charge in [0.1, 0.15) is 0 Å². The number of hydrogen-bond donors (Lipinski definition) is 3. The van der Waals surface area contributed by atoms with Crippen LogP contribution < -0.4 is 14.6 Å². The number of methoxy groups -OCH3 is 2. The summed E-state index contributed by atoms with van der Waals surface area (Å²) in [5.41, 5.74) is 0.906. The minimum absolute atomic E-state index is 0.194. The van der Waals surface area contributed by atoms with Gasteiger partial charge in [0.2, 0.25) is 0 Å². The fourth-order valence-corrected chi connectivity index (χ4v) is 1.79. The first-order chi connectivity index (χ1) is 7.96. The van der Waals surface area contributed by atoms with Crippen LogP contribution in [0, 0.1) is 0 Å². The smallest absolute Gasteiger partial charge is 0.400 e. The molecule has 3 N–H and O–H groups in total. The molecule has 0 fully saturated rings. The van der Waals surface area contributed by atoms with E-state index in [2.05, 4.69) is 5.09 Å². The first-order valence-electron chi connectivity index (χ1n) is 4.98. The lowest BCUT2D eigenvalue weighted by Gasteiger charge is -2.10. The van der Waals surface area contributed by atoms with Gasteiger partial charge >= 0.3 is 7.75 Å². The number of nitrogens with one attached hydrogen (secondary N) is 1. The first kappa shape index (κ1) is 14.0. The molecular formula is C10H16NO5P. The van der Waals surface area contributed by atoms with Gasteiger partial charge in [0.25, 0.3) is 0 Å². The van der Waals surface area contributed by atoms with Crippen LogP contribution in [0.1, 0.15) is 5.56 Å². The molecule has 0 bridgehead atoms. The van der Waals surface area contributed by atoms with Crippen molar-refractivity contribution in [2.45, 2.75) is 6.42 Å². The van der Waals surface area contributed by atoms with Gasteiger partial charge in [-0.25, -0.2) is 9.65 Å². The summed E-state index contributed by atoms with van der Waals surface area (Å²) in [6, 6.07) is 5.36. The van der Waals surface area contributed by atoms with Crippen LogP contribution >= 0.6 is 7.75 Å². The number of benzene rings is 1. The molecule has 0 aliphatic heterocycles. The largest absolute Gasteiger partial charge is 0.493 e. The van der Waals surface area contributed by atoms with Crippen molar-refractivity contribution in [2.75, 3.05) is 20.8 Å². The maximum Gasteiger partial charge on any atom is 0.400 e. The number of rotatable bonds is 6. The molecule has 96 valence electrons. The average molecular weight is 261 g/mol. The second-order valence-corrected chi connectivity index (χ2v) is 4.80. The molecule has 1 aromatic rings. The van der Waals surface area contributed by atoms with Crippen molar-refractivity contribution in [2.24, 2.45) is 0 Å². The predicted octanol–water partition coefficient (Wildman–Crippen LogP) is 0.929. The average Bonchev–Trinajstić information content (AvgIpc) is 2.27. The van der Waals surface area contributed by atoms with Crippen molar-refractivity contribution in [3.8, 4) is 11.5 Å².